The lowest BCUT2D eigenvalue weighted by Gasteiger charge is -2.29. The van der Waals surface area contributed by atoms with Gasteiger partial charge in [-0.3, -0.25) is 9.59 Å². The molecule has 0 aliphatic carbocycles. The fourth-order valence-electron chi connectivity index (χ4n) is 3.16. The van der Waals surface area contributed by atoms with Gasteiger partial charge in [0, 0.05) is 18.8 Å². The summed E-state index contributed by atoms with van der Waals surface area (Å²) in [5.74, 6) is 1.15. The number of piperidine rings is 1. The largest absolute Gasteiger partial charge is 0.466 e. The van der Waals surface area contributed by atoms with E-state index >= 15 is 0 Å². The summed E-state index contributed by atoms with van der Waals surface area (Å²) in [6.45, 7) is 4.78. The number of nitrogens with one attached hydrogen (secondary N) is 1. The van der Waals surface area contributed by atoms with Crippen LogP contribution in [0.15, 0.2) is 34.7 Å². The second-order valence-corrected chi connectivity index (χ2v) is 6.77. The number of rotatable bonds is 4. The Bertz CT molecular complexity index is 787. The van der Waals surface area contributed by atoms with Gasteiger partial charge < -0.3 is 19.7 Å². The molecule has 2 aromatic rings. The van der Waals surface area contributed by atoms with Crippen LogP contribution in [0.1, 0.15) is 40.3 Å². The van der Waals surface area contributed by atoms with E-state index in [1.165, 1.54) is 0 Å². The van der Waals surface area contributed by atoms with E-state index in [1.807, 2.05) is 12.1 Å². The summed E-state index contributed by atoms with van der Waals surface area (Å²) in [7, 11) is 0. The molecule has 2 amide bonds. The fraction of sp³-hybridized carbons (Fsp3) is 0.400. The molecule has 2 N–H and O–H groups in total. The van der Waals surface area contributed by atoms with Crippen molar-refractivity contribution in [2.24, 2.45) is 0 Å². The van der Waals surface area contributed by atoms with E-state index in [1.54, 1.807) is 36.9 Å². The van der Waals surface area contributed by atoms with Gasteiger partial charge in [-0.15, -0.1) is 0 Å². The maximum atomic E-state index is 12.3. The summed E-state index contributed by atoms with van der Waals surface area (Å²) >= 11 is 0. The average molecular weight is 356 g/mol. The molecule has 2 heterocycles. The monoisotopic (exact) mass is 356 g/mol. The molecule has 1 aliphatic heterocycles. The third-order valence-corrected chi connectivity index (χ3v) is 4.67. The van der Waals surface area contributed by atoms with Crippen LogP contribution in [0.25, 0.3) is 0 Å². The molecule has 1 aromatic carbocycles. The van der Waals surface area contributed by atoms with Crippen LogP contribution >= 0.6 is 0 Å². The third kappa shape index (κ3) is 4.32. The molecular formula is C20H24N2O4. The Kier molecular flexibility index (Phi) is 5.42. The Hall–Kier alpha value is -2.60. The molecule has 6 nitrogen and oxygen atoms in total. The van der Waals surface area contributed by atoms with Gasteiger partial charge in [-0.05, 0) is 50.5 Å². The fourth-order valence-corrected chi connectivity index (χ4v) is 3.16. The average Bonchev–Trinajstić information content (AvgIpc) is 2.95. The number of amides is 2. The van der Waals surface area contributed by atoms with Gasteiger partial charge in [-0.2, -0.15) is 0 Å². The maximum Gasteiger partial charge on any atom is 0.259 e. The molecule has 0 unspecified atom stereocenters. The molecule has 1 aromatic heterocycles. The molecule has 0 radical (unpaired) electrons. The second-order valence-electron chi connectivity index (χ2n) is 6.77. The van der Waals surface area contributed by atoms with Gasteiger partial charge in [0.15, 0.2) is 0 Å². The summed E-state index contributed by atoms with van der Waals surface area (Å²) in [5, 5.41) is 12.4. The number of likely N-dealkylation sites (tertiary alicyclic amines) is 1. The van der Waals surface area contributed by atoms with Gasteiger partial charge in [0.05, 0.1) is 18.1 Å². The lowest BCUT2D eigenvalue weighted by Crippen LogP contribution is -2.40. The summed E-state index contributed by atoms with van der Waals surface area (Å²) in [4.78, 5) is 26.4. The number of nitrogens with zero attached hydrogens (tertiary/aromatic N) is 1. The number of hydrogen-bond acceptors (Lipinski definition) is 4. The van der Waals surface area contributed by atoms with E-state index in [0.29, 0.717) is 55.1 Å². The Morgan fingerprint density at radius 2 is 1.85 bits per heavy atom. The topological polar surface area (TPSA) is 82.8 Å². The summed E-state index contributed by atoms with van der Waals surface area (Å²) in [6, 6.07) is 9.00. The first kappa shape index (κ1) is 18.2. The van der Waals surface area contributed by atoms with Crippen LogP contribution in [0.3, 0.4) is 0 Å². The number of hydrogen-bond donors (Lipinski definition) is 2. The minimum Gasteiger partial charge on any atom is -0.466 e. The molecule has 1 fully saturated rings. The number of carbonyl (C=O) groups excluding carboxylic acids is 2. The SMILES string of the molecule is Cc1cc(C(=O)Nc2ccc(CC(=O)N3CCC(O)CC3)cc2)c(C)o1. The van der Waals surface area contributed by atoms with Crippen LogP contribution in [0.2, 0.25) is 0 Å². The number of benzene rings is 1. The number of furan rings is 1. The highest BCUT2D eigenvalue weighted by Crippen LogP contribution is 2.18. The van der Waals surface area contributed by atoms with Crippen molar-refractivity contribution < 1.29 is 19.1 Å². The Morgan fingerprint density at radius 1 is 1.19 bits per heavy atom. The lowest BCUT2D eigenvalue weighted by molar-refractivity contribution is -0.132. The van der Waals surface area contributed by atoms with E-state index in [-0.39, 0.29) is 17.9 Å². The highest BCUT2D eigenvalue weighted by molar-refractivity contribution is 6.05. The van der Waals surface area contributed by atoms with Crippen molar-refractivity contribution in [3.63, 3.8) is 0 Å². The lowest BCUT2D eigenvalue weighted by atomic mass is 10.1. The zero-order valence-corrected chi connectivity index (χ0v) is 15.1. The summed E-state index contributed by atoms with van der Waals surface area (Å²) in [5.41, 5.74) is 2.09. The van der Waals surface area contributed by atoms with Gasteiger partial charge in [-0.1, -0.05) is 12.1 Å². The molecule has 3 rings (SSSR count). The third-order valence-electron chi connectivity index (χ3n) is 4.67. The van der Waals surface area contributed by atoms with Gasteiger partial charge in [-0.25, -0.2) is 0 Å². The zero-order chi connectivity index (χ0) is 18.7. The van der Waals surface area contributed by atoms with Crippen molar-refractivity contribution in [3.8, 4) is 0 Å². The number of carbonyl (C=O) groups is 2. The van der Waals surface area contributed by atoms with E-state index in [9.17, 15) is 14.7 Å². The number of anilines is 1. The first-order valence-electron chi connectivity index (χ1n) is 8.85. The summed E-state index contributed by atoms with van der Waals surface area (Å²) in [6.07, 6.45) is 1.32. The van der Waals surface area contributed by atoms with E-state index in [4.69, 9.17) is 4.42 Å². The summed E-state index contributed by atoms with van der Waals surface area (Å²) < 4.78 is 5.38. The molecule has 6 heteroatoms. The minimum absolute atomic E-state index is 0.0678. The molecule has 1 aliphatic rings. The van der Waals surface area contributed by atoms with Crippen LogP contribution in [0, 0.1) is 13.8 Å². The van der Waals surface area contributed by atoms with Crippen LogP contribution in [0.4, 0.5) is 5.69 Å². The van der Waals surface area contributed by atoms with Gasteiger partial charge in [0.25, 0.3) is 5.91 Å². The minimum atomic E-state index is -0.287. The maximum absolute atomic E-state index is 12.3. The molecule has 0 atom stereocenters. The molecule has 26 heavy (non-hydrogen) atoms. The highest BCUT2D eigenvalue weighted by Gasteiger charge is 2.21. The van der Waals surface area contributed by atoms with Crippen LogP contribution in [-0.4, -0.2) is 41.0 Å². The Morgan fingerprint density at radius 3 is 2.42 bits per heavy atom. The van der Waals surface area contributed by atoms with Crippen LogP contribution in [0.5, 0.6) is 0 Å². The van der Waals surface area contributed by atoms with Crippen molar-refractivity contribution in [2.75, 3.05) is 18.4 Å². The van der Waals surface area contributed by atoms with Gasteiger partial charge in [0.1, 0.15) is 11.5 Å². The molecule has 0 bridgehead atoms. The standard InChI is InChI=1S/C20H24N2O4/c1-13-11-18(14(2)26-13)20(25)21-16-5-3-15(4-6-16)12-19(24)22-9-7-17(23)8-10-22/h3-6,11,17,23H,7-10,12H2,1-2H3,(H,21,25). The predicted octanol–water partition coefficient (Wildman–Crippen LogP) is 2.67. The van der Waals surface area contributed by atoms with Crippen molar-refractivity contribution in [1.29, 1.82) is 0 Å². The van der Waals surface area contributed by atoms with Crippen molar-refractivity contribution in [1.82, 2.24) is 4.90 Å². The molecule has 138 valence electrons. The first-order valence-corrected chi connectivity index (χ1v) is 8.85. The predicted molar refractivity (Wildman–Crippen MR) is 98.1 cm³/mol. The Balaban J connectivity index is 1.57. The van der Waals surface area contributed by atoms with E-state index in [0.717, 1.165) is 5.56 Å². The van der Waals surface area contributed by atoms with E-state index in [2.05, 4.69) is 5.32 Å². The smallest absolute Gasteiger partial charge is 0.259 e. The normalized spacial score (nSPS) is 15.1. The van der Waals surface area contributed by atoms with E-state index < -0.39 is 0 Å². The van der Waals surface area contributed by atoms with Gasteiger partial charge >= 0.3 is 0 Å². The number of aliphatic hydroxyl groups is 1. The van der Waals surface area contributed by atoms with Crippen LogP contribution < -0.4 is 5.32 Å². The quantitative estimate of drug-likeness (QED) is 0.882. The number of aryl methyl sites for hydroxylation is 2. The van der Waals surface area contributed by atoms with Crippen molar-refractivity contribution in [3.05, 3.63) is 53.0 Å². The number of aliphatic hydroxyl groups excluding tert-OH is 1. The zero-order valence-electron chi connectivity index (χ0n) is 15.1. The van der Waals surface area contributed by atoms with Crippen LogP contribution in [-0.2, 0) is 11.2 Å². The second kappa shape index (κ2) is 7.74. The highest BCUT2D eigenvalue weighted by atomic mass is 16.3. The Labute approximate surface area is 152 Å². The molecule has 1 saturated heterocycles. The molecular weight excluding hydrogens is 332 g/mol. The van der Waals surface area contributed by atoms with Gasteiger partial charge in [0.2, 0.25) is 5.91 Å². The van der Waals surface area contributed by atoms with Crippen molar-refractivity contribution >= 4 is 17.5 Å². The van der Waals surface area contributed by atoms with Crippen molar-refractivity contribution in [2.45, 2.75) is 39.2 Å². The first-order chi connectivity index (χ1) is 12.4. The molecule has 0 saturated carbocycles. The molecule has 0 spiro atoms.